The lowest BCUT2D eigenvalue weighted by molar-refractivity contribution is 0.407. The molecule has 0 radical (unpaired) electrons. The van der Waals surface area contributed by atoms with E-state index in [0.29, 0.717) is 11.8 Å². The van der Waals surface area contributed by atoms with Gasteiger partial charge in [-0.15, -0.1) is 0 Å². The van der Waals surface area contributed by atoms with Crippen LogP contribution in [-0.4, -0.2) is 21.2 Å². The van der Waals surface area contributed by atoms with Crippen molar-refractivity contribution in [3.63, 3.8) is 0 Å². The highest BCUT2D eigenvalue weighted by molar-refractivity contribution is 7.80. The van der Waals surface area contributed by atoms with E-state index in [9.17, 15) is 5.11 Å². The third kappa shape index (κ3) is 4.23. The summed E-state index contributed by atoms with van der Waals surface area (Å²) in [6.45, 7) is 4.90. The summed E-state index contributed by atoms with van der Waals surface area (Å²) in [6.07, 6.45) is 2.35. The molecule has 0 heterocycles. The second-order valence-corrected chi connectivity index (χ2v) is 6.72. The van der Waals surface area contributed by atoms with Crippen molar-refractivity contribution in [1.82, 2.24) is 4.90 Å². The summed E-state index contributed by atoms with van der Waals surface area (Å²) in [6, 6.07) is 14.3. The number of thiocarbonyl (C=S) groups is 1. The number of nitrogens with zero attached hydrogens (tertiary/aromatic N) is 1. The lowest BCUT2D eigenvalue weighted by Crippen LogP contribution is -2.36. The molecule has 0 aliphatic heterocycles. The number of nitrogens with one attached hydrogen (secondary N) is 1. The first-order valence-corrected chi connectivity index (χ1v) is 8.36. The fourth-order valence-electron chi connectivity index (χ4n) is 2.85. The van der Waals surface area contributed by atoms with Gasteiger partial charge in [0.25, 0.3) is 0 Å². The zero-order chi connectivity index (χ0) is 16.4. The smallest absolute Gasteiger partial charge is 0.173 e. The lowest BCUT2D eigenvalue weighted by Gasteiger charge is -2.26. The number of phenolic OH excluding ortho intramolecular Hbond substituents is 1. The first-order chi connectivity index (χ1) is 11.0. The van der Waals surface area contributed by atoms with E-state index in [2.05, 4.69) is 42.3 Å². The molecular formula is C19H22N2OS. The van der Waals surface area contributed by atoms with Crippen molar-refractivity contribution in [2.24, 2.45) is 0 Å². The predicted molar refractivity (Wildman–Crippen MR) is 98.8 cm³/mol. The topological polar surface area (TPSA) is 35.5 Å². The normalized spacial score (nSPS) is 13.7. The highest BCUT2D eigenvalue weighted by Crippen LogP contribution is 2.30. The molecule has 0 amide bonds. The maximum absolute atomic E-state index is 9.65. The minimum absolute atomic E-state index is 0.298. The predicted octanol–water partition coefficient (Wildman–Crippen LogP) is 4.37. The Morgan fingerprint density at radius 3 is 2.48 bits per heavy atom. The van der Waals surface area contributed by atoms with Crippen molar-refractivity contribution < 1.29 is 5.11 Å². The summed E-state index contributed by atoms with van der Waals surface area (Å²) in [5.41, 5.74) is 4.55. The summed E-state index contributed by atoms with van der Waals surface area (Å²) in [5, 5.41) is 13.8. The molecule has 2 aromatic carbocycles. The minimum Gasteiger partial charge on any atom is -0.508 e. The van der Waals surface area contributed by atoms with Gasteiger partial charge in [0.1, 0.15) is 5.75 Å². The zero-order valence-electron chi connectivity index (χ0n) is 13.5. The number of hydrogen-bond acceptors (Lipinski definition) is 2. The molecule has 0 atom stereocenters. The van der Waals surface area contributed by atoms with Gasteiger partial charge in [-0.1, -0.05) is 18.2 Å². The Bertz CT molecular complexity index is 705. The van der Waals surface area contributed by atoms with Crippen LogP contribution in [0.3, 0.4) is 0 Å². The molecule has 1 aliphatic rings. The molecule has 2 aromatic rings. The van der Waals surface area contributed by atoms with Crippen LogP contribution in [0, 0.1) is 13.8 Å². The summed E-state index contributed by atoms with van der Waals surface area (Å²) < 4.78 is 0. The van der Waals surface area contributed by atoms with Gasteiger partial charge in [-0.3, -0.25) is 0 Å². The van der Waals surface area contributed by atoms with Crippen LogP contribution in [0.2, 0.25) is 0 Å². The Morgan fingerprint density at radius 2 is 1.87 bits per heavy atom. The molecule has 0 aromatic heterocycles. The molecule has 2 N–H and O–H groups in total. The number of anilines is 1. The van der Waals surface area contributed by atoms with Crippen LogP contribution in [0.5, 0.6) is 5.75 Å². The van der Waals surface area contributed by atoms with Crippen LogP contribution in [0.4, 0.5) is 5.69 Å². The summed E-state index contributed by atoms with van der Waals surface area (Å²) >= 11 is 5.64. The van der Waals surface area contributed by atoms with Gasteiger partial charge in [0.15, 0.2) is 5.11 Å². The van der Waals surface area contributed by atoms with E-state index in [1.165, 1.54) is 24.0 Å². The highest BCUT2D eigenvalue weighted by Gasteiger charge is 2.30. The van der Waals surface area contributed by atoms with E-state index in [1.54, 1.807) is 12.1 Å². The maximum atomic E-state index is 9.65. The van der Waals surface area contributed by atoms with Crippen molar-refractivity contribution >= 4 is 23.0 Å². The minimum atomic E-state index is 0.298. The Morgan fingerprint density at radius 1 is 1.17 bits per heavy atom. The first kappa shape index (κ1) is 15.8. The van der Waals surface area contributed by atoms with Crippen molar-refractivity contribution in [1.29, 1.82) is 0 Å². The molecule has 120 valence electrons. The van der Waals surface area contributed by atoms with E-state index in [0.717, 1.165) is 22.9 Å². The first-order valence-electron chi connectivity index (χ1n) is 7.95. The Labute approximate surface area is 142 Å². The monoisotopic (exact) mass is 326 g/mol. The average molecular weight is 326 g/mol. The average Bonchev–Trinajstić information content (AvgIpc) is 3.28. The molecule has 0 unspecified atom stereocenters. The molecule has 0 saturated heterocycles. The molecule has 1 saturated carbocycles. The third-order valence-corrected chi connectivity index (χ3v) is 4.32. The fraction of sp³-hybridized carbons (Fsp3) is 0.316. The van der Waals surface area contributed by atoms with Gasteiger partial charge in [0.05, 0.1) is 0 Å². The van der Waals surface area contributed by atoms with Crippen molar-refractivity contribution in [3.05, 3.63) is 59.2 Å². The Kier molecular flexibility index (Phi) is 4.53. The SMILES string of the molecule is Cc1cc(C)cc(NC(=S)N(Cc2cccc(O)c2)C2CC2)c1. The number of benzene rings is 2. The second kappa shape index (κ2) is 6.59. The fourth-order valence-corrected chi connectivity index (χ4v) is 3.18. The molecule has 0 bridgehead atoms. The van der Waals surface area contributed by atoms with Gasteiger partial charge < -0.3 is 15.3 Å². The number of aromatic hydroxyl groups is 1. The lowest BCUT2D eigenvalue weighted by atomic mass is 10.1. The Balaban J connectivity index is 1.74. The zero-order valence-corrected chi connectivity index (χ0v) is 14.4. The molecular weight excluding hydrogens is 304 g/mol. The molecule has 3 rings (SSSR count). The third-order valence-electron chi connectivity index (χ3n) is 3.98. The van der Waals surface area contributed by atoms with Gasteiger partial charge in [-0.25, -0.2) is 0 Å². The van der Waals surface area contributed by atoms with Crippen molar-refractivity contribution in [2.75, 3.05) is 5.32 Å². The summed E-state index contributed by atoms with van der Waals surface area (Å²) in [4.78, 5) is 2.22. The number of rotatable bonds is 4. The second-order valence-electron chi connectivity index (χ2n) is 6.34. The molecule has 3 nitrogen and oxygen atoms in total. The molecule has 1 aliphatic carbocycles. The standard InChI is InChI=1S/C19H22N2OS/c1-13-8-14(2)10-16(9-13)20-19(23)21(17-6-7-17)12-15-4-3-5-18(22)11-15/h3-5,8-11,17,22H,6-7,12H2,1-2H3,(H,20,23). The number of hydrogen-bond donors (Lipinski definition) is 2. The van der Waals surface area contributed by atoms with Gasteiger partial charge >= 0.3 is 0 Å². The highest BCUT2D eigenvalue weighted by atomic mass is 32.1. The van der Waals surface area contributed by atoms with Gasteiger partial charge in [-0.05, 0) is 79.9 Å². The van der Waals surface area contributed by atoms with Crippen LogP contribution in [0.25, 0.3) is 0 Å². The Hall–Kier alpha value is -2.07. The van der Waals surface area contributed by atoms with Crippen molar-refractivity contribution in [2.45, 2.75) is 39.3 Å². The summed E-state index contributed by atoms with van der Waals surface area (Å²) in [5.74, 6) is 0.298. The number of aryl methyl sites for hydroxylation is 2. The number of phenols is 1. The van der Waals surface area contributed by atoms with E-state index in [-0.39, 0.29) is 0 Å². The van der Waals surface area contributed by atoms with Crippen molar-refractivity contribution in [3.8, 4) is 5.75 Å². The van der Waals surface area contributed by atoms with E-state index >= 15 is 0 Å². The molecule has 1 fully saturated rings. The maximum Gasteiger partial charge on any atom is 0.173 e. The van der Waals surface area contributed by atoms with Gasteiger partial charge in [-0.2, -0.15) is 0 Å². The van der Waals surface area contributed by atoms with Crippen LogP contribution >= 0.6 is 12.2 Å². The van der Waals surface area contributed by atoms with Gasteiger partial charge in [0, 0.05) is 18.3 Å². The van der Waals surface area contributed by atoms with E-state index < -0.39 is 0 Å². The summed E-state index contributed by atoms with van der Waals surface area (Å²) in [7, 11) is 0. The van der Waals surface area contributed by atoms with Crippen LogP contribution in [0.15, 0.2) is 42.5 Å². The van der Waals surface area contributed by atoms with Crippen LogP contribution < -0.4 is 5.32 Å². The largest absolute Gasteiger partial charge is 0.508 e. The molecule has 0 spiro atoms. The van der Waals surface area contributed by atoms with Crippen LogP contribution in [-0.2, 0) is 6.54 Å². The van der Waals surface area contributed by atoms with E-state index in [4.69, 9.17) is 12.2 Å². The van der Waals surface area contributed by atoms with Gasteiger partial charge in [0.2, 0.25) is 0 Å². The van der Waals surface area contributed by atoms with Crippen LogP contribution in [0.1, 0.15) is 29.5 Å². The quantitative estimate of drug-likeness (QED) is 0.818. The molecule has 23 heavy (non-hydrogen) atoms. The van der Waals surface area contributed by atoms with E-state index in [1.807, 2.05) is 12.1 Å². The molecule has 4 heteroatoms.